The van der Waals surface area contributed by atoms with Gasteiger partial charge in [0.15, 0.2) is 11.4 Å². The molecule has 1 saturated carbocycles. The van der Waals surface area contributed by atoms with E-state index in [9.17, 15) is 36.2 Å². The van der Waals surface area contributed by atoms with Crippen molar-refractivity contribution in [1.29, 1.82) is 0 Å². The smallest absolute Gasteiger partial charge is 0.395 e. The summed E-state index contributed by atoms with van der Waals surface area (Å²) in [6, 6.07) is 0.516. The molecule has 2 aromatic rings. The number of Topliss-reactive ketones (excluding diaryl/α,β-unsaturated/α-hetero) is 1. The van der Waals surface area contributed by atoms with Gasteiger partial charge in [0.1, 0.15) is 16.6 Å². The summed E-state index contributed by atoms with van der Waals surface area (Å²) >= 11 is 0. The molecule has 184 valence electrons. The van der Waals surface area contributed by atoms with E-state index in [1.54, 1.807) is 0 Å². The number of alkyl halides is 6. The second-order valence-electron chi connectivity index (χ2n) is 8.71. The van der Waals surface area contributed by atoms with Gasteiger partial charge in [-0.05, 0) is 44.1 Å². The Morgan fingerprint density at radius 2 is 1.91 bits per heavy atom. The molecule has 0 aromatic carbocycles. The maximum Gasteiger partial charge on any atom is 0.399 e. The van der Waals surface area contributed by atoms with Gasteiger partial charge in [-0.2, -0.15) is 26.3 Å². The topological polar surface area (TPSA) is 94.0 Å². The number of carbonyl (C=O) groups excluding carboxylic acids is 1. The number of hydrogen-bond acceptors (Lipinski definition) is 5. The van der Waals surface area contributed by atoms with Crippen molar-refractivity contribution in [2.24, 2.45) is 18.7 Å². The van der Waals surface area contributed by atoms with Crippen molar-refractivity contribution < 1.29 is 36.2 Å². The Bertz CT molecular complexity index is 997. The van der Waals surface area contributed by atoms with E-state index in [1.165, 1.54) is 23.9 Å². The minimum atomic E-state index is -4.40. The number of nitrogens with two attached hydrogens (primary N) is 1. The Morgan fingerprint density at radius 1 is 1.24 bits per heavy atom. The second kappa shape index (κ2) is 9.21. The number of nitrogens with zero attached hydrogens (tertiary/aromatic N) is 3. The molecule has 0 aliphatic heterocycles. The molecule has 3 N–H and O–H groups in total. The molecule has 2 aromatic heterocycles. The van der Waals surface area contributed by atoms with Crippen molar-refractivity contribution >= 4 is 16.9 Å². The highest BCUT2D eigenvalue weighted by atomic mass is 19.4. The van der Waals surface area contributed by atoms with Crippen molar-refractivity contribution in [3.63, 3.8) is 0 Å². The summed E-state index contributed by atoms with van der Waals surface area (Å²) in [5.41, 5.74) is 4.25. The van der Waals surface area contributed by atoms with E-state index in [0.29, 0.717) is 0 Å². The first kappa shape index (κ1) is 25.4. The number of ketones is 1. The fraction of sp³-hybridized carbons (Fsp3) is 0.667. The first-order valence-corrected chi connectivity index (χ1v) is 10.6. The maximum atomic E-state index is 13.5. The fourth-order valence-electron chi connectivity index (χ4n) is 4.20. The highest BCUT2D eigenvalue weighted by Gasteiger charge is 2.65. The van der Waals surface area contributed by atoms with E-state index in [-0.39, 0.29) is 61.1 Å². The normalized spacial score (nSPS) is 17.8. The van der Waals surface area contributed by atoms with Crippen molar-refractivity contribution in [3.05, 3.63) is 23.7 Å². The van der Waals surface area contributed by atoms with Gasteiger partial charge in [0.25, 0.3) is 0 Å². The van der Waals surface area contributed by atoms with E-state index in [2.05, 4.69) is 9.97 Å². The molecule has 2 atom stereocenters. The molecular weight excluding hydrogens is 454 g/mol. The number of carbonyl (C=O) groups is 1. The maximum absolute atomic E-state index is 13.5. The Balaban J connectivity index is 1.68. The lowest BCUT2D eigenvalue weighted by molar-refractivity contribution is -0.162. The first-order chi connectivity index (χ1) is 15.3. The van der Waals surface area contributed by atoms with Crippen molar-refractivity contribution in [2.75, 3.05) is 6.61 Å². The third-order valence-electron chi connectivity index (χ3n) is 6.40. The van der Waals surface area contributed by atoms with Crippen LogP contribution in [0.15, 0.2) is 12.3 Å². The Labute approximate surface area is 186 Å². The average Bonchev–Trinajstić information content (AvgIpc) is 3.48. The molecule has 1 aliphatic rings. The molecule has 0 radical (unpaired) electrons. The van der Waals surface area contributed by atoms with Crippen molar-refractivity contribution in [2.45, 2.75) is 68.8 Å². The molecule has 0 amide bonds. The first-order valence-electron chi connectivity index (χ1n) is 10.6. The van der Waals surface area contributed by atoms with Gasteiger partial charge in [0, 0.05) is 31.6 Å². The van der Waals surface area contributed by atoms with Crippen LogP contribution in [0.5, 0.6) is 0 Å². The number of hydrogen-bond donors (Lipinski definition) is 2. The van der Waals surface area contributed by atoms with Crippen LogP contribution in [-0.4, -0.2) is 50.4 Å². The average molecular weight is 480 g/mol. The van der Waals surface area contributed by atoms with E-state index < -0.39 is 48.5 Å². The zero-order valence-corrected chi connectivity index (χ0v) is 18.0. The third-order valence-corrected chi connectivity index (χ3v) is 6.40. The van der Waals surface area contributed by atoms with Gasteiger partial charge in [-0.1, -0.05) is 0 Å². The van der Waals surface area contributed by atoms with Gasteiger partial charge in [-0.15, -0.1) is 0 Å². The monoisotopic (exact) mass is 480 g/mol. The second-order valence-corrected chi connectivity index (χ2v) is 8.71. The van der Waals surface area contributed by atoms with Crippen LogP contribution in [0.2, 0.25) is 0 Å². The third kappa shape index (κ3) is 5.48. The quantitative estimate of drug-likeness (QED) is 0.393. The summed E-state index contributed by atoms with van der Waals surface area (Å²) in [4.78, 5) is 20.9. The number of aliphatic hydroxyl groups excluding tert-OH is 1. The van der Waals surface area contributed by atoms with Crippen LogP contribution in [0.4, 0.5) is 26.3 Å². The van der Waals surface area contributed by atoms with Crippen LogP contribution in [-0.2, 0) is 12.5 Å². The van der Waals surface area contributed by atoms with Crippen LogP contribution in [0.1, 0.15) is 61.1 Å². The molecule has 12 heteroatoms. The zero-order valence-electron chi connectivity index (χ0n) is 18.0. The molecule has 0 bridgehead atoms. The van der Waals surface area contributed by atoms with E-state index in [4.69, 9.17) is 5.73 Å². The minimum absolute atomic E-state index is 0.0159. The molecular formula is C21H26F6N4O2. The Morgan fingerprint density at radius 3 is 2.45 bits per heavy atom. The van der Waals surface area contributed by atoms with Crippen molar-refractivity contribution in [1.82, 2.24) is 14.5 Å². The lowest BCUT2D eigenvalue weighted by Gasteiger charge is -2.22. The Hall–Kier alpha value is -2.21. The standard InChI is InChI=1S/C21H26F6N4O2/c1-31-17(19(7-8-19)21(25,26)27)9-14-18(31)30-15(10-29-14)16(33)4-2-3-12(13(28)11-32)5-6-20(22,23)24/h9-10,12-13,32H,2-8,11,28H2,1H3/t12-,13-/m0/s1. The SMILES string of the molecule is Cn1c(C2(C(F)(F)F)CC2)cc2ncc(C(=O)CCC[C@@H](CCC(F)(F)F)[C@@H](N)CO)nc21. The summed E-state index contributed by atoms with van der Waals surface area (Å²) in [6.45, 7) is -0.464. The molecule has 0 unspecified atom stereocenters. The summed E-state index contributed by atoms with van der Waals surface area (Å²) in [7, 11) is 1.45. The molecule has 2 heterocycles. The molecule has 0 spiro atoms. The van der Waals surface area contributed by atoms with E-state index >= 15 is 0 Å². The summed E-state index contributed by atoms with van der Waals surface area (Å²) in [5, 5.41) is 9.20. The van der Waals surface area contributed by atoms with Gasteiger partial charge in [-0.3, -0.25) is 9.78 Å². The summed E-state index contributed by atoms with van der Waals surface area (Å²) < 4.78 is 79.4. The lowest BCUT2D eigenvalue weighted by atomic mass is 9.89. The van der Waals surface area contributed by atoms with Gasteiger partial charge >= 0.3 is 12.4 Å². The predicted octanol–water partition coefficient (Wildman–Crippen LogP) is 4.19. The number of halogens is 6. The van der Waals surface area contributed by atoms with E-state index in [0.717, 1.165) is 0 Å². The van der Waals surface area contributed by atoms with Crippen LogP contribution in [0.25, 0.3) is 11.2 Å². The minimum Gasteiger partial charge on any atom is -0.395 e. The molecule has 6 nitrogen and oxygen atoms in total. The van der Waals surface area contributed by atoms with Gasteiger partial charge < -0.3 is 15.4 Å². The zero-order chi connectivity index (χ0) is 24.6. The van der Waals surface area contributed by atoms with Gasteiger partial charge in [0.2, 0.25) is 0 Å². The largest absolute Gasteiger partial charge is 0.399 e. The number of fused-ring (bicyclic) bond motifs is 1. The predicted molar refractivity (Wildman–Crippen MR) is 107 cm³/mol. The van der Waals surface area contributed by atoms with E-state index in [1.807, 2.05) is 0 Å². The highest BCUT2D eigenvalue weighted by molar-refractivity contribution is 5.95. The van der Waals surface area contributed by atoms with Crippen molar-refractivity contribution in [3.8, 4) is 0 Å². The number of aliphatic hydroxyl groups is 1. The summed E-state index contributed by atoms with van der Waals surface area (Å²) in [5.74, 6) is -1.03. The number of aryl methyl sites for hydroxylation is 1. The number of aromatic nitrogens is 3. The lowest BCUT2D eigenvalue weighted by Crippen LogP contribution is -2.34. The summed E-state index contributed by atoms with van der Waals surface area (Å²) in [6.07, 6.45) is -8.46. The van der Waals surface area contributed by atoms with Gasteiger partial charge in [-0.25, -0.2) is 4.98 Å². The molecule has 3 rings (SSSR count). The van der Waals surface area contributed by atoms with Crippen LogP contribution in [0, 0.1) is 5.92 Å². The van der Waals surface area contributed by atoms with Gasteiger partial charge in [0.05, 0.1) is 12.8 Å². The molecule has 33 heavy (non-hydrogen) atoms. The highest BCUT2D eigenvalue weighted by Crippen LogP contribution is 2.59. The van der Waals surface area contributed by atoms with Crippen LogP contribution >= 0.6 is 0 Å². The fourth-order valence-corrected chi connectivity index (χ4v) is 4.20. The number of rotatable bonds is 10. The molecule has 1 fully saturated rings. The van der Waals surface area contributed by atoms with Crippen LogP contribution < -0.4 is 5.73 Å². The molecule has 0 saturated heterocycles. The van der Waals surface area contributed by atoms with Crippen LogP contribution in [0.3, 0.4) is 0 Å². The Kier molecular flexibility index (Phi) is 7.09. The molecule has 1 aliphatic carbocycles.